The Bertz CT molecular complexity index is 984. The second-order valence-electron chi connectivity index (χ2n) is 18.5. The molecule has 10 nitrogen and oxygen atoms in total. The van der Waals surface area contributed by atoms with Crippen LogP contribution >= 0.6 is 0 Å². The quantitative estimate of drug-likeness (QED) is 0.0233. The van der Waals surface area contributed by atoms with Crippen molar-refractivity contribution in [1.29, 1.82) is 0 Å². The molecule has 0 aliphatic carbocycles. The van der Waals surface area contributed by atoms with E-state index in [2.05, 4.69) is 19.2 Å². The van der Waals surface area contributed by atoms with Gasteiger partial charge in [0.25, 0.3) is 0 Å². The molecule has 1 rings (SSSR count). The lowest BCUT2D eigenvalue weighted by atomic mass is 9.99. The molecule has 0 aromatic carbocycles. The van der Waals surface area contributed by atoms with Crippen molar-refractivity contribution >= 4 is 5.91 Å². The molecular weight excluding hydrogens is 771 g/mol. The molecule has 362 valence electrons. The number of nitrogens with one attached hydrogen (secondary N) is 1. The van der Waals surface area contributed by atoms with Gasteiger partial charge < -0.3 is 45.4 Å². The Morgan fingerprint density at radius 1 is 0.557 bits per heavy atom. The Hall–Kier alpha value is -1.11. The lowest BCUT2D eigenvalue weighted by Gasteiger charge is -2.40. The van der Waals surface area contributed by atoms with Gasteiger partial charge in [-0.25, -0.2) is 0 Å². The first kappa shape index (κ1) is 57.9. The summed E-state index contributed by atoms with van der Waals surface area (Å²) in [7, 11) is 0. The minimum atomic E-state index is -1.61. The summed E-state index contributed by atoms with van der Waals surface area (Å²) in [6.45, 7) is 3.63. The predicted octanol–water partition coefficient (Wildman–Crippen LogP) is 10.6. The van der Waals surface area contributed by atoms with Gasteiger partial charge in [0.15, 0.2) is 6.29 Å². The molecule has 0 bridgehead atoms. The maximum Gasteiger partial charge on any atom is 0.249 e. The fraction of sp³-hybridized carbons (Fsp3) is 0.941. The van der Waals surface area contributed by atoms with E-state index in [9.17, 15) is 35.4 Å². The fourth-order valence-electron chi connectivity index (χ4n) is 8.46. The molecule has 1 saturated heterocycles. The highest BCUT2D eigenvalue weighted by Gasteiger charge is 2.44. The molecule has 7 N–H and O–H groups in total. The molecule has 1 heterocycles. The van der Waals surface area contributed by atoms with Crippen molar-refractivity contribution in [1.82, 2.24) is 5.32 Å². The van der Waals surface area contributed by atoms with Crippen LogP contribution in [0.25, 0.3) is 0 Å². The van der Waals surface area contributed by atoms with E-state index in [4.69, 9.17) is 9.47 Å². The second-order valence-corrected chi connectivity index (χ2v) is 18.5. The van der Waals surface area contributed by atoms with E-state index >= 15 is 0 Å². The van der Waals surface area contributed by atoms with Crippen molar-refractivity contribution in [3.63, 3.8) is 0 Å². The number of carbonyl (C=O) groups is 1. The monoisotopic (exact) mass is 870 g/mol. The van der Waals surface area contributed by atoms with E-state index in [1.807, 2.05) is 6.08 Å². The van der Waals surface area contributed by atoms with Crippen LogP contribution in [0.5, 0.6) is 0 Å². The maximum absolute atomic E-state index is 13.1. The first-order valence-corrected chi connectivity index (χ1v) is 26.0. The average Bonchev–Trinajstić information content (AvgIpc) is 3.26. The van der Waals surface area contributed by atoms with Crippen molar-refractivity contribution in [3.05, 3.63) is 12.2 Å². The van der Waals surface area contributed by atoms with E-state index in [-0.39, 0.29) is 6.61 Å². The third kappa shape index (κ3) is 31.4. The summed E-state index contributed by atoms with van der Waals surface area (Å²) in [5, 5.41) is 64.8. The van der Waals surface area contributed by atoms with Crippen LogP contribution in [0.3, 0.4) is 0 Å². The Morgan fingerprint density at radius 2 is 0.934 bits per heavy atom. The van der Waals surface area contributed by atoms with Crippen LogP contribution in [0.15, 0.2) is 12.2 Å². The summed E-state index contributed by atoms with van der Waals surface area (Å²) in [5.74, 6) is -0.612. The van der Waals surface area contributed by atoms with E-state index in [1.54, 1.807) is 6.08 Å². The number of aliphatic hydroxyl groups is 6. The molecule has 1 aliphatic heterocycles. The maximum atomic E-state index is 13.1. The van der Waals surface area contributed by atoms with Crippen LogP contribution in [-0.4, -0.2) is 98.7 Å². The third-order valence-electron chi connectivity index (χ3n) is 12.7. The molecule has 0 aromatic rings. The summed E-state index contributed by atoms with van der Waals surface area (Å²) < 4.78 is 11.2. The molecular formula is C51H99NO9. The molecule has 0 radical (unpaired) electrons. The molecule has 10 heteroatoms. The highest BCUT2D eigenvalue weighted by Crippen LogP contribution is 2.23. The Labute approximate surface area is 374 Å². The van der Waals surface area contributed by atoms with E-state index in [0.29, 0.717) is 6.42 Å². The number of unbranched alkanes of at least 4 members (excludes halogenated alkanes) is 33. The van der Waals surface area contributed by atoms with E-state index in [0.717, 1.165) is 44.9 Å². The van der Waals surface area contributed by atoms with Gasteiger partial charge in [-0.15, -0.1) is 0 Å². The second kappa shape index (κ2) is 41.6. The molecule has 8 atom stereocenters. The number of hydrogen-bond donors (Lipinski definition) is 7. The lowest BCUT2D eigenvalue weighted by molar-refractivity contribution is -0.302. The predicted molar refractivity (Wildman–Crippen MR) is 250 cm³/mol. The summed E-state index contributed by atoms with van der Waals surface area (Å²) in [4.78, 5) is 13.1. The normalized spacial score (nSPS) is 21.0. The van der Waals surface area contributed by atoms with Crippen molar-refractivity contribution < 1.29 is 44.9 Å². The van der Waals surface area contributed by atoms with Gasteiger partial charge in [-0.1, -0.05) is 238 Å². The Morgan fingerprint density at radius 3 is 1.33 bits per heavy atom. The number of amides is 1. The summed E-state index contributed by atoms with van der Waals surface area (Å²) in [6.07, 6.45) is 38.7. The smallest absolute Gasteiger partial charge is 0.249 e. The summed E-state index contributed by atoms with van der Waals surface area (Å²) in [6, 6.07) is -0.975. The molecule has 0 aromatic heterocycles. The van der Waals surface area contributed by atoms with Crippen LogP contribution in [-0.2, 0) is 14.3 Å². The number of rotatable bonds is 44. The van der Waals surface area contributed by atoms with Crippen molar-refractivity contribution in [2.75, 3.05) is 13.2 Å². The minimum absolute atomic E-state index is 0.301. The zero-order chi connectivity index (χ0) is 44.6. The zero-order valence-corrected chi connectivity index (χ0v) is 39.6. The highest BCUT2D eigenvalue weighted by atomic mass is 16.7. The first-order chi connectivity index (χ1) is 29.8. The van der Waals surface area contributed by atoms with Gasteiger partial charge in [-0.3, -0.25) is 4.79 Å². The highest BCUT2D eigenvalue weighted by molar-refractivity contribution is 5.80. The van der Waals surface area contributed by atoms with E-state index < -0.39 is 61.5 Å². The van der Waals surface area contributed by atoms with Crippen molar-refractivity contribution in [2.24, 2.45) is 0 Å². The standard InChI is InChI=1S/C51H99NO9/c1-3-5-7-9-11-13-15-17-19-20-21-22-23-24-26-28-30-32-34-36-38-40-45(55)50(59)52-43(42-60-51-49(58)48(57)47(56)46(41-53)61-51)44(54)39-37-35-33-31-29-27-25-18-16-14-12-10-8-6-4-2/h37,39,43-49,51,53-58H,3-36,38,40-42H2,1-2H3,(H,52,59)/b39-37+. The Kier molecular flexibility index (Phi) is 39.5. The van der Waals surface area contributed by atoms with Gasteiger partial charge in [-0.2, -0.15) is 0 Å². The summed E-state index contributed by atoms with van der Waals surface area (Å²) >= 11 is 0. The van der Waals surface area contributed by atoms with Crippen LogP contribution < -0.4 is 5.32 Å². The fourth-order valence-corrected chi connectivity index (χ4v) is 8.46. The molecule has 0 spiro atoms. The molecule has 8 unspecified atom stereocenters. The van der Waals surface area contributed by atoms with Gasteiger partial charge in [0.2, 0.25) is 5.91 Å². The molecule has 0 saturated carbocycles. The van der Waals surface area contributed by atoms with Gasteiger partial charge in [0.1, 0.15) is 30.5 Å². The van der Waals surface area contributed by atoms with Gasteiger partial charge in [0.05, 0.1) is 25.4 Å². The first-order valence-electron chi connectivity index (χ1n) is 26.0. The number of allylic oxidation sites excluding steroid dienone is 1. The third-order valence-corrected chi connectivity index (χ3v) is 12.7. The SMILES string of the molecule is CCCCCCCCCCCCCCC/C=C/C(O)C(COC1OC(CO)C(O)C(O)C1O)NC(=O)C(O)CCCCCCCCCCCCCCCCCCCCCCC. The Balaban J connectivity index is 2.31. The zero-order valence-electron chi connectivity index (χ0n) is 39.6. The number of aliphatic hydroxyl groups excluding tert-OH is 6. The molecule has 1 fully saturated rings. The largest absolute Gasteiger partial charge is 0.394 e. The van der Waals surface area contributed by atoms with Gasteiger partial charge >= 0.3 is 0 Å². The van der Waals surface area contributed by atoms with Crippen LogP contribution in [0.1, 0.15) is 245 Å². The number of hydrogen-bond acceptors (Lipinski definition) is 9. The van der Waals surface area contributed by atoms with Crippen molar-refractivity contribution in [3.8, 4) is 0 Å². The average molecular weight is 870 g/mol. The number of carbonyl (C=O) groups excluding carboxylic acids is 1. The molecule has 1 aliphatic rings. The van der Waals surface area contributed by atoms with E-state index in [1.165, 1.54) is 180 Å². The van der Waals surface area contributed by atoms with Crippen LogP contribution in [0, 0.1) is 0 Å². The molecule has 1 amide bonds. The van der Waals surface area contributed by atoms with Crippen molar-refractivity contribution in [2.45, 2.75) is 294 Å². The lowest BCUT2D eigenvalue weighted by Crippen LogP contribution is -2.60. The topological polar surface area (TPSA) is 169 Å². The number of ether oxygens (including phenoxy) is 2. The van der Waals surface area contributed by atoms with Crippen LogP contribution in [0.2, 0.25) is 0 Å². The van der Waals surface area contributed by atoms with Gasteiger partial charge in [0, 0.05) is 0 Å². The summed E-state index contributed by atoms with van der Waals surface area (Å²) in [5.41, 5.74) is 0. The van der Waals surface area contributed by atoms with Crippen LogP contribution in [0.4, 0.5) is 0 Å². The minimum Gasteiger partial charge on any atom is -0.394 e. The molecule has 61 heavy (non-hydrogen) atoms. The van der Waals surface area contributed by atoms with Gasteiger partial charge in [-0.05, 0) is 19.3 Å².